The van der Waals surface area contributed by atoms with E-state index in [4.69, 9.17) is 0 Å². The van der Waals surface area contributed by atoms with Gasteiger partial charge in [-0.2, -0.15) is 0 Å². The summed E-state index contributed by atoms with van der Waals surface area (Å²) in [4.78, 5) is 19.0. The van der Waals surface area contributed by atoms with Crippen molar-refractivity contribution < 1.29 is 4.79 Å². The van der Waals surface area contributed by atoms with Crippen molar-refractivity contribution in [1.82, 2.24) is 20.9 Å². The normalized spacial score (nSPS) is 19.0. The zero-order valence-electron chi connectivity index (χ0n) is 17.2. The molecule has 0 saturated carbocycles. The Balaban J connectivity index is 1.79. The molecule has 1 amide bonds. The number of carbonyl (C=O) groups excluding carboxylic acids is 1. The fraction of sp³-hybridized carbons (Fsp3) is 0.619. The average Bonchev–Trinajstić information content (AvgIpc) is 3.16. The summed E-state index contributed by atoms with van der Waals surface area (Å²) < 4.78 is 0. The Morgan fingerprint density at radius 1 is 1.26 bits per heavy atom. The van der Waals surface area contributed by atoms with Gasteiger partial charge in [-0.25, -0.2) is 0 Å². The molecule has 2 atom stereocenters. The standard InChI is InChI=1S/C21H35N5O/c1-5-16(3)25-20(27)18-11-9-17(10-12-18)14-23-21(22-4)24-15-19-8-7-13-26(19)6-2/h9-12,16,19H,5-8,13-15H2,1-4H3,(H,25,27)(H2,22,23,24). The second-order valence-electron chi connectivity index (χ2n) is 7.21. The Labute approximate surface area is 163 Å². The van der Waals surface area contributed by atoms with Gasteiger partial charge in [0.1, 0.15) is 0 Å². The maximum atomic E-state index is 12.1. The first-order chi connectivity index (χ1) is 13.1. The van der Waals surface area contributed by atoms with E-state index >= 15 is 0 Å². The van der Waals surface area contributed by atoms with Crippen molar-refractivity contribution >= 4 is 11.9 Å². The minimum Gasteiger partial charge on any atom is -0.355 e. The monoisotopic (exact) mass is 373 g/mol. The molecule has 1 aliphatic heterocycles. The van der Waals surface area contributed by atoms with Gasteiger partial charge < -0.3 is 16.0 Å². The second kappa shape index (κ2) is 10.9. The third-order valence-corrected chi connectivity index (χ3v) is 5.30. The molecule has 1 aromatic carbocycles. The van der Waals surface area contributed by atoms with Crippen molar-refractivity contribution in [3.63, 3.8) is 0 Å². The van der Waals surface area contributed by atoms with Crippen LogP contribution < -0.4 is 16.0 Å². The fourth-order valence-corrected chi connectivity index (χ4v) is 3.35. The summed E-state index contributed by atoms with van der Waals surface area (Å²) >= 11 is 0. The number of nitrogens with zero attached hydrogens (tertiary/aromatic N) is 2. The van der Waals surface area contributed by atoms with Gasteiger partial charge in [-0.3, -0.25) is 14.7 Å². The predicted molar refractivity (Wildman–Crippen MR) is 112 cm³/mol. The summed E-state index contributed by atoms with van der Waals surface area (Å²) in [6, 6.07) is 8.52. The molecule has 0 aliphatic carbocycles. The summed E-state index contributed by atoms with van der Waals surface area (Å²) in [7, 11) is 1.80. The van der Waals surface area contributed by atoms with Gasteiger partial charge in [0.2, 0.25) is 0 Å². The first-order valence-electron chi connectivity index (χ1n) is 10.2. The summed E-state index contributed by atoms with van der Waals surface area (Å²) in [5.41, 5.74) is 1.82. The predicted octanol–water partition coefficient (Wildman–Crippen LogP) is 2.36. The first-order valence-corrected chi connectivity index (χ1v) is 10.2. The van der Waals surface area contributed by atoms with Crippen LogP contribution in [0.25, 0.3) is 0 Å². The molecule has 1 fully saturated rings. The van der Waals surface area contributed by atoms with E-state index in [0.29, 0.717) is 18.2 Å². The van der Waals surface area contributed by atoms with Gasteiger partial charge in [-0.15, -0.1) is 0 Å². The highest BCUT2D eigenvalue weighted by molar-refractivity contribution is 5.94. The van der Waals surface area contributed by atoms with E-state index in [-0.39, 0.29) is 11.9 Å². The molecule has 0 spiro atoms. The van der Waals surface area contributed by atoms with Gasteiger partial charge in [0.05, 0.1) is 0 Å². The second-order valence-corrected chi connectivity index (χ2v) is 7.21. The van der Waals surface area contributed by atoms with Crippen LogP contribution in [0.5, 0.6) is 0 Å². The highest BCUT2D eigenvalue weighted by Crippen LogP contribution is 2.15. The van der Waals surface area contributed by atoms with E-state index in [2.05, 4.69) is 39.7 Å². The SMILES string of the molecule is CCC(C)NC(=O)c1ccc(CNC(=NC)NCC2CCCN2CC)cc1. The fourth-order valence-electron chi connectivity index (χ4n) is 3.35. The summed E-state index contributed by atoms with van der Waals surface area (Å²) in [6.07, 6.45) is 3.46. The summed E-state index contributed by atoms with van der Waals surface area (Å²) in [5, 5.41) is 9.78. The minimum absolute atomic E-state index is 0.0154. The molecule has 6 heteroatoms. The van der Waals surface area contributed by atoms with E-state index in [1.165, 1.54) is 19.4 Å². The number of rotatable bonds is 8. The van der Waals surface area contributed by atoms with Crippen molar-refractivity contribution in [3.05, 3.63) is 35.4 Å². The smallest absolute Gasteiger partial charge is 0.251 e. The lowest BCUT2D eigenvalue weighted by molar-refractivity contribution is 0.0939. The lowest BCUT2D eigenvalue weighted by Crippen LogP contribution is -2.44. The Hall–Kier alpha value is -2.08. The van der Waals surface area contributed by atoms with Crippen molar-refractivity contribution in [2.45, 2.75) is 58.7 Å². The average molecular weight is 374 g/mol. The van der Waals surface area contributed by atoms with E-state index < -0.39 is 0 Å². The third kappa shape index (κ3) is 6.54. The van der Waals surface area contributed by atoms with Crippen LogP contribution in [-0.4, -0.2) is 55.5 Å². The number of likely N-dealkylation sites (N-methyl/N-ethyl adjacent to an activating group) is 1. The maximum Gasteiger partial charge on any atom is 0.251 e. The zero-order valence-corrected chi connectivity index (χ0v) is 17.2. The van der Waals surface area contributed by atoms with Crippen LogP contribution in [0.3, 0.4) is 0 Å². The Morgan fingerprint density at radius 2 is 2.00 bits per heavy atom. The number of hydrogen-bond acceptors (Lipinski definition) is 3. The zero-order chi connectivity index (χ0) is 19.6. The molecule has 2 rings (SSSR count). The summed E-state index contributed by atoms with van der Waals surface area (Å²) in [5.74, 6) is 0.801. The molecule has 1 aliphatic rings. The highest BCUT2D eigenvalue weighted by atomic mass is 16.1. The number of amides is 1. The highest BCUT2D eigenvalue weighted by Gasteiger charge is 2.22. The van der Waals surface area contributed by atoms with Crippen LogP contribution in [0.15, 0.2) is 29.3 Å². The molecule has 3 N–H and O–H groups in total. The largest absolute Gasteiger partial charge is 0.355 e. The van der Waals surface area contributed by atoms with Crippen molar-refractivity contribution in [2.24, 2.45) is 4.99 Å². The molecule has 1 aromatic rings. The molecule has 0 radical (unpaired) electrons. The van der Waals surface area contributed by atoms with Crippen LogP contribution in [0.1, 0.15) is 56.0 Å². The Kier molecular flexibility index (Phi) is 8.58. The van der Waals surface area contributed by atoms with Gasteiger partial charge in [0.15, 0.2) is 5.96 Å². The number of guanidine groups is 1. The van der Waals surface area contributed by atoms with E-state index in [1.54, 1.807) is 7.05 Å². The molecule has 150 valence electrons. The third-order valence-electron chi connectivity index (χ3n) is 5.30. The van der Waals surface area contributed by atoms with Crippen molar-refractivity contribution in [3.8, 4) is 0 Å². The molecule has 2 unspecified atom stereocenters. The van der Waals surface area contributed by atoms with Gasteiger partial charge in [-0.1, -0.05) is 26.0 Å². The van der Waals surface area contributed by atoms with Crippen molar-refractivity contribution in [2.75, 3.05) is 26.7 Å². The van der Waals surface area contributed by atoms with Gasteiger partial charge >= 0.3 is 0 Å². The van der Waals surface area contributed by atoms with E-state index in [9.17, 15) is 4.79 Å². The molecular formula is C21H35N5O. The van der Waals surface area contributed by atoms with Gasteiger partial charge in [0.25, 0.3) is 5.91 Å². The Bertz CT molecular complexity index is 614. The number of hydrogen-bond donors (Lipinski definition) is 3. The van der Waals surface area contributed by atoms with Crippen LogP contribution in [0.4, 0.5) is 0 Å². The number of benzene rings is 1. The van der Waals surface area contributed by atoms with Crippen LogP contribution in [-0.2, 0) is 6.54 Å². The summed E-state index contributed by atoms with van der Waals surface area (Å²) in [6.45, 7) is 10.2. The molecule has 1 saturated heterocycles. The number of carbonyl (C=O) groups is 1. The van der Waals surface area contributed by atoms with E-state index in [0.717, 1.165) is 31.0 Å². The topological polar surface area (TPSA) is 68.8 Å². The Morgan fingerprint density at radius 3 is 2.63 bits per heavy atom. The number of likely N-dealkylation sites (tertiary alicyclic amines) is 1. The lowest BCUT2D eigenvalue weighted by atomic mass is 10.1. The molecule has 6 nitrogen and oxygen atoms in total. The first kappa shape index (κ1) is 21.2. The number of nitrogens with one attached hydrogen (secondary N) is 3. The van der Waals surface area contributed by atoms with Crippen molar-refractivity contribution in [1.29, 1.82) is 0 Å². The number of aliphatic imine (C=N–C) groups is 1. The maximum absolute atomic E-state index is 12.1. The molecule has 0 aromatic heterocycles. The van der Waals surface area contributed by atoms with Crippen LogP contribution in [0, 0.1) is 0 Å². The van der Waals surface area contributed by atoms with E-state index in [1.807, 2.05) is 31.2 Å². The minimum atomic E-state index is -0.0154. The quantitative estimate of drug-likeness (QED) is 0.483. The van der Waals surface area contributed by atoms with Gasteiger partial charge in [0, 0.05) is 37.8 Å². The van der Waals surface area contributed by atoms with Crippen LogP contribution in [0.2, 0.25) is 0 Å². The molecular weight excluding hydrogens is 338 g/mol. The van der Waals surface area contributed by atoms with Crippen LogP contribution >= 0.6 is 0 Å². The lowest BCUT2D eigenvalue weighted by Gasteiger charge is -2.24. The van der Waals surface area contributed by atoms with Gasteiger partial charge in [-0.05, 0) is 57.0 Å². The molecule has 1 heterocycles. The molecule has 0 bridgehead atoms. The molecule has 27 heavy (non-hydrogen) atoms.